The third-order valence-electron chi connectivity index (χ3n) is 3.35. The van der Waals surface area contributed by atoms with Gasteiger partial charge in [-0.2, -0.15) is 4.31 Å². The van der Waals surface area contributed by atoms with E-state index in [1.54, 1.807) is 18.6 Å². The predicted octanol–water partition coefficient (Wildman–Crippen LogP) is 2.06. The quantitative estimate of drug-likeness (QED) is 0.832. The minimum atomic E-state index is -3.47. The van der Waals surface area contributed by atoms with E-state index in [9.17, 15) is 8.42 Å². The number of rotatable bonds is 4. The van der Waals surface area contributed by atoms with Gasteiger partial charge >= 0.3 is 0 Å². The standard InChI is InChI=1S/C11H17BrN2O3S2.ClH/c1-17-9-2-4-14(8(6-9)7-13)19(15,16)11-10(12)3-5-18-11;/h3,5,8-9H,2,4,6-7,13H2,1H3;1H. The highest BCUT2D eigenvalue weighted by Gasteiger charge is 2.37. The third-order valence-corrected chi connectivity index (χ3v) is 7.95. The number of halogens is 2. The summed E-state index contributed by atoms with van der Waals surface area (Å²) in [7, 11) is -1.82. The monoisotopic (exact) mass is 404 g/mol. The van der Waals surface area contributed by atoms with Gasteiger partial charge in [0.15, 0.2) is 0 Å². The van der Waals surface area contributed by atoms with Crippen LogP contribution in [0.15, 0.2) is 20.1 Å². The summed E-state index contributed by atoms with van der Waals surface area (Å²) in [5.74, 6) is 0. The molecule has 2 heterocycles. The Morgan fingerprint density at radius 1 is 1.60 bits per heavy atom. The molecule has 1 aliphatic heterocycles. The van der Waals surface area contributed by atoms with Gasteiger partial charge in [-0.1, -0.05) is 0 Å². The van der Waals surface area contributed by atoms with Gasteiger partial charge in [0.25, 0.3) is 10.0 Å². The molecule has 20 heavy (non-hydrogen) atoms. The van der Waals surface area contributed by atoms with Crippen molar-refractivity contribution in [2.75, 3.05) is 20.2 Å². The molecule has 1 aromatic heterocycles. The smallest absolute Gasteiger partial charge is 0.253 e. The second kappa shape index (κ2) is 7.53. The molecule has 0 bridgehead atoms. The summed E-state index contributed by atoms with van der Waals surface area (Å²) < 4.78 is 33.1. The number of piperidine rings is 1. The van der Waals surface area contributed by atoms with E-state index in [0.29, 0.717) is 34.6 Å². The molecule has 116 valence electrons. The van der Waals surface area contributed by atoms with Gasteiger partial charge < -0.3 is 10.5 Å². The molecule has 1 aliphatic rings. The summed E-state index contributed by atoms with van der Waals surface area (Å²) in [4.78, 5) is 0. The first-order valence-electron chi connectivity index (χ1n) is 5.98. The number of sulfonamides is 1. The zero-order valence-electron chi connectivity index (χ0n) is 11.0. The second-order valence-corrected chi connectivity index (χ2v) is 8.30. The molecule has 2 unspecified atom stereocenters. The Bertz CT molecular complexity index is 538. The maximum absolute atomic E-state index is 12.6. The number of hydrogen-bond donors (Lipinski definition) is 1. The van der Waals surface area contributed by atoms with Crippen molar-refractivity contribution in [3.63, 3.8) is 0 Å². The van der Waals surface area contributed by atoms with E-state index in [1.165, 1.54) is 15.6 Å². The molecule has 0 aromatic carbocycles. The molecule has 9 heteroatoms. The lowest BCUT2D eigenvalue weighted by Gasteiger charge is -2.37. The first kappa shape index (κ1) is 18.3. The van der Waals surface area contributed by atoms with Gasteiger partial charge in [0.1, 0.15) is 4.21 Å². The molecule has 2 N–H and O–H groups in total. The Morgan fingerprint density at radius 3 is 2.80 bits per heavy atom. The van der Waals surface area contributed by atoms with E-state index in [4.69, 9.17) is 10.5 Å². The number of ether oxygens (including phenoxy) is 1. The second-order valence-electron chi connectivity index (χ2n) is 4.44. The Labute approximate surface area is 138 Å². The van der Waals surface area contributed by atoms with Crippen molar-refractivity contribution in [1.82, 2.24) is 4.31 Å². The fourth-order valence-electron chi connectivity index (χ4n) is 2.31. The van der Waals surface area contributed by atoms with E-state index in [2.05, 4.69) is 15.9 Å². The molecule has 0 saturated carbocycles. The van der Waals surface area contributed by atoms with Crippen LogP contribution in [-0.4, -0.2) is 45.1 Å². The average Bonchev–Trinajstić information content (AvgIpc) is 2.84. The number of nitrogens with zero attached hydrogens (tertiary/aromatic N) is 1. The van der Waals surface area contributed by atoms with Crippen LogP contribution in [0, 0.1) is 0 Å². The molecule has 0 amide bonds. The predicted molar refractivity (Wildman–Crippen MR) is 86.0 cm³/mol. The molecule has 1 aromatic rings. The Kier molecular flexibility index (Phi) is 6.91. The van der Waals surface area contributed by atoms with Crippen molar-refractivity contribution >= 4 is 49.7 Å². The molecule has 1 fully saturated rings. The maximum atomic E-state index is 12.6. The third kappa shape index (κ3) is 3.55. The van der Waals surface area contributed by atoms with Gasteiger partial charge in [-0.15, -0.1) is 23.7 Å². The van der Waals surface area contributed by atoms with Crippen LogP contribution < -0.4 is 5.73 Å². The van der Waals surface area contributed by atoms with Crippen molar-refractivity contribution in [3.8, 4) is 0 Å². The van der Waals surface area contributed by atoms with Crippen molar-refractivity contribution in [3.05, 3.63) is 15.9 Å². The maximum Gasteiger partial charge on any atom is 0.253 e. The van der Waals surface area contributed by atoms with Crippen molar-refractivity contribution in [2.45, 2.75) is 29.2 Å². The van der Waals surface area contributed by atoms with E-state index in [-0.39, 0.29) is 24.6 Å². The minimum Gasteiger partial charge on any atom is -0.381 e. The number of thiophene rings is 1. The van der Waals surface area contributed by atoms with Crippen molar-refractivity contribution in [1.29, 1.82) is 0 Å². The molecule has 0 aliphatic carbocycles. The summed E-state index contributed by atoms with van der Waals surface area (Å²) in [5.41, 5.74) is 5.73. The highest BCUT2D eigenvalue weighted by atomic mass is 79.9. The summed E-state index contributed by atoms with van der Waals surface area (Å²) in [6, 6.07) is 1.55. The summed E-state index contributed by atoms with van der Waals surface area (Å²) in [6.45, 7) is 0.759. The fourth-order valence-corrected chi connectivity index (χ4v) is 6.40. The van der Waals surface area contributed by atoms with E-state index in [0.717, 1.165) is 0 Å². The van der Waals surface area contributed by atoms with Gasteiger partial charge in [-0.3, -0.25) is 0 Å². The van der Waals surface area contributed by atoms with Crippen LogP contribution in [0.2, 0.25) is 0 Å². The van der Waals surface area contributed by atoms with Gasteiger partial charge in [-0.25, -0.2) is 8.42 Å². The fraction of sp³-hybridized carbons (Fsp3) is 0.636. The van der Waals surface area contributed by atoms with Crippen molar-refractivity contribution < 1.29 is 13.2 Å². The normalized spacial score (nSPS) is 24.4. The molecule has 5 nitrogen and oxygen atoms in total. The average molecular weight is 406 g/mol. The largest absolute Gasteiger partial charge is 0.381 e. The molecule has 2 rings (SSSR count). The van der Waals surface area contributed by atoms with E-state index >= 15 is 0 Å². The molecular weight excluding hydrogens is 388 g/mol. The van der Waals surface area contributed by atoms with Crippen LogP contribution in [0.25, 0.3) is 0 Å². The molecule has 2 atom stereocenters. The van der Waals surface area contributed by atoms with E-state index in [1.807, 2.05) is 0 Å². The lowest BCUT2D eigenvalue weighted by atomic mass is 10.0. The minimum absolute atomic E-state index is 0. The van der Waals surface area contributed by atoms with Gasteiger partial charge in [-0.05, 0) is 40.2 Å². The number of nitrogens with two attached hydrogens (primary N) is 1. The summed E-state index contributed by atoms with van der Waals surface area (Å²) in [6.07, 6.45) is 1.44. The highest BCUT2D eigenvalue weighted by molar-refractivity contribution is 9.10. The van der Waals surface area contributed by atoms with Crippen LogP contribution >= 0.6 is 39.7 Å². The lowest BCUT2D eigenvalue weighted by molar-refractivity contribution is 0.0402. The highest BCUT2D eigenvalue weighted by Crippen LogP contribution is 2.33. The first-order chi connectivity index (χ1) is 9.00. The number of methoxy groups -OCH3 is 1. The number of hydrogen-bond acceptors (Lipinski definition) is 5. The first-order valence-corrected chi connectivity index (χ1v) is 9.09. The zero-order chi connectivity index (χ0) is 14.0. The van der Waals surface area contributed by atoms with Gasteiger partial charge in [0.2, 0.25) is 0 Å². The topological polar surface area (TPSA) is 72.6 Å². The molecule has 0 radical (unpaired) electrons. The molecular formula is C11H18BrClN2O3S2. The zero-order valence-corrected chi connectivity index (χ0v) is 15.0. The SMILES string of the molecule is COC1CCN(S(=O)(=O)c2sccc2Br)C(CN)C1.Cl. The van der Waals surface area contributed by atoms with Crippen LogP contribution in [0.1, 0.15) is 12.8 Å². The van der Waals surface area contributed by atoms with E-state index < -0.39 is 10.0 Å². The Morgan fingerprint density at radius 2 is 2.30 bits per heavy atom. The Balaban J connectivity index is 0.00000200. The summed E-state index contributed by atoms with van der Waals surface area (Å²) in [5, 5.41) is 1.76. The Hall–Kier alpha value is 0.300. The van der Waals surface area contributed by atoms with Crippen LogP contribution in [0.4, 0.5) is 0 Å². The summed E-state index contributed by atoms with van der Waals surface area (Å²) >= 11 is 4.51. The lowest BCUT2D eigenvalue weighted by Crippen LogP contribution is -2.50. The van der Waals surface area contributed by atoms with Gasteiger partial charge in [0, 0.05) is 30.7 Å². The van der Waals surface area contributed by atoms with Gasteiger partial charge in [0.05, 0.1) is 6.10 Å². The van der Waals surface area contributed by atoms with Crippen LogP contribution in [0.3, 0.4) is 0 Å². The molecule has 1 saturated heterocycles. The van der Waals surface area contributed by atoms with Crippen molar-refractivity contribution in [2.24, 2.45) is 5.73 Å². The van der Waals surface area contributed by atoms with Crippen LogP contribution in [0.5, 0.6) is 0 Å². The van der Waals surface area contributed by atoms with Crippen LogP contribution in [-0.2, 0) is 14.8 Å². The molecule has 0 spiro atoms.